The van der Waals surface area contributed by atoms with Crippen LogP contribution in [-0.4, -0.2) is 7.11 Å². The van der Waals surface area contributed by atoms with Gasteiger partial charge in [0.15, 0.2) is 0 Å². The summed E-state index contributed by atoms with van der Waals surface area (Å²) in [7, 11) is 1.59. The normalized spacial score (nSPS) is 10.4. The quantitative estimate of drug-likeness (QED) is 0.762. The number of methoxy groups -OCH3 is 1. The molecule has 0 aliphatic carbocycles. The van der Waals surface area contributed by atoms with E-state index < -0.39 is 0 Å². The summed E-state index contributed by atoms with van der Waals surface area (Å²) in [6.07, 6.45) is 0. The Morgan fingerprint density at radius 1 is 1.10 bits per heavy atom. The molecule has 0 aliphatic heterocycles. The van der Waals surface area contributed by atoms with E-state index in [0.29, 0.717) is 17.2 Å². The number of hydrogen-bond donors (Lipinski definition) is 1. The molecular formula is C14H12Br2FNO2. The number of hydrogen-bond acceptors (Lipinski definition) is 3. The number of ether oxygens (including phenoxy) is 2. The molecule has 2 aromatic rings. The second-order valence-corrected chi connectivity index (χ2v) is 5.76. The van der Waals surface area contributed by atoms with Crippen LogP contribution in [0.15, 0.2) is 39.3 Å². The van der Waals surface area contributed by atoms with E-state index in [-0.39, 0.29) is 12.4 Å². The molecule has 0 radical (unpaired) electrons. The van der Waals surface area contributed by atoms with Gasteiger partial charge in [0.05, 0.1) is 16.1 Å². The van der Waals surface area contributed by atoms with Gasteiger partial charge in [0.1, 0.15) is 23.9 Å². The molecule has 0 heterocycles. The number of anilines is 1. The molecule has 20 heavy (non-hydrogen) atoms. The fourth-order valence-electron chi connectivity index (χ4n) is 1.63. The van der Waals surface area contributed by atoms with Crippen LogP contribution in [-0.2, 0) is 6.61 Å². The number of benzene rings is 2. The van der Waals surface area contributed by atoms with Gasteiger partial charge in [-0.25, -0.2) is 4.39 Å². The summed E-state index contributed by atoms with van der Waals surface area (Å²) in [5.74, 6) is 0.978. The van der Waals surface area contributed by atoms with Gasteiger partial charge in [-0.1, -0.05) is 6.07 Å². The Hall–Kier alpha value is -1.27. The Morgan fingerprint density at radius 3 is 2.40 bits per heavy atom. The highest BCUT2D eigenvalue weighted by Gasteiger charge is 2.09. The number of rotatable bonds is 4. The zero-order chi connectivity index (χ0) is 14.7. The zero-order valence-electron chi connectivity index (χ0n) is 10.6. The van der Waals surface area contributed by atoms with Gasteiger partial charge < -0.3 is 15.2 Å². The SMILES string of the molecule is COc1cc(Br)c(OCc2ccc(F)cc2N)cc1Br. The lowest BCUT2D eigenvalue weighted by atomic mass is 10.2. The highest BCUT2D eigenvalue weighted by molar-refractivity contribution is 9.11. The van der Waals surface area contributed by atoms with E-state index in [2.05, 4.69) is 31.9 Å². The molecule has 0 unspecified atom stereocenters. The van der Waals surface area contributed by atoms with Crippen molar-refractivity contribution < 1.29 is 13.9 Å². The molecule has 0 atom stereocenters. The van der Waals surface area contributed by atoms with Crippen molar-refractivity contribution in [3.63, 3.8) is 0 Å². The van der Waals surface area contributed by atoms with Crippen LogP contribution >= 0.6 is 31.9 Å². The van der Waals surface area contributed by atoms with Gasteiger partial charge in [-0.2, -0.15) is 0 Å². The van der Waals surface area contributed by atoms with E-state index in [1.165, 1.54) is 12.1 Å². The summed E-state index contributed by atoms with van der Waals surface area (Å²) in [6, 6.07) is 7.83. The molecule has 0 saturated carbocycles. The lowest BCUT2D eigenvalue weighted by Gasteiger charge is -2.12. The fraction of sp³-hybridized carbons (Fsp3) is 0.143. The van der Waals surface area contributed by atoms with Crippen LogP contribution in [0.5, 0.6) is 11.5 Å². The number of nitrogen functional groups attached to an aromatic ring is 1. The summed E-state index contributed by atoms with van der Waals surface area (Å²) in [6.45, 7) is 0.253. The summed E-state index contributed by atoms with van der Waals surface area (Å²) < 4.78 is 25.4. The Kier molecular flexibility index (Phi) is 4.88. The van der Waals surface area contributed by atoms with E-state index in [9.17, 15) is 4.39 Å². The van der Waals surface area contributed by atoms with Crippen molar-refractivity contribution in [3.05, 3.63) is 50.7 Å². The van der Waals surface area contributed by atoms with Crippen molar-refractivity contribution in [2.45, 2.75) is 6.61 Å². The molecule has 0 fully saturated rings. The van der Waals surface area contributed by atoms with E-state index in [1.807, 2.05) is 0 Å². The van der Waals surface area contributed by atoms with Gasteiger partial charge in [-0.3, -0.25) is 0 Å². The maximum atomic E-state index is 13.0. The van der Waals surface area contributed by atoms with E-state index in [4.69, 9.17) is 15.2 Å². The molecule has 106 valence electrons. The monoisotopic (exact) mass is 403 g/mol. The second-order valence-electron chi connectivity index (χ2n) is 4.05. The third-order valence-corrected chi connectivity index (χ3v) is 3.94. The smallest absolute Gasteiger partial charge is 0.135 e. The maximum Gasteiger partial charge on any atom is 0.135 e. The lowest BCUT2D eigenvalue weighted by molar-refractivity contribution is 0.303. The van der Waals surface area contributed by atoms with Gasteiger partial charge in [0.25, 0.3) is 0 Å². The van der Waals surface area contributed by atoms with Crippen molar-refractivity contribution in [1.82, 2.24) is 0 Å². The first-order valence-electron chi connectivity index (χ1n) is 5.71. The summed E-state index contributed by atoms with van der Waals surface area (Å²) in [5, 5.41) is 0. The largest absolute Gasteiger partial charge is 0.496 e. The lowest BCUT2D eigenvalue weighted by Crippen LogP contribution is -2.01. The molecule has 0 amide bonds. The van der Waals surface area contributed by atoms with Crippen LogP contribution in [0.1, 0.15) is 5.56 Å². The summed E-state index contributed by atoms with van der Waals surface area (Å²) in [5.41, 5.74) is 6.83. The van der Waals surface area contributed by atoms with Crippen LogP contribution in [0.2, 0.25) is 0 Å². The first kappa shape index (κ1) is 15.1. The van der Waals surface area contributed by atoms with Crippen molar-refractivity contribution in [2.75, 3.05) is 12.8 Å². The molecule has 0 bridgehead atoms. The molecule has 0 saturated heterocycles. The topological polar surface area (TPSA) is 44.5 Å². The van der Waals surface area contributed by atoms with Gasteiger partial charge in [-0.05, 0) is 56.1 Å². The Morgan fingerprint density at radius 2 is 1.75 bits per heavy atom. The zero-order valence-corrected chi connectivity index (χ0v) is 13.8. The van der Waals surface area contributed by atoms with Crippen molar-refractivity contribution >= 4 is 37.5 Å². The third-order valence-electron chi connectivity index (χ3n) is 2.70. The molecule has 6 heteroatoms. The van der Waals surface area contributed by atoms with E-state index in [1.54, 1.807) is 25.3 Å². The standard InChI is InChI=1S/C14H12Br2FNO2/c1-19-13-5-11(16)14(6-10(13)15)20-7-8-2-3-9(17)4-12(8)18/h2-6H,7,18H2,1H3. The Bertz CT molecular complexity index is 635. The minimum atomic E-state index is -0.361. The van der Waals surface area contributed by atoms with Gasteiger partial charge in [0, 0.05) is 11.3 Å². The predicted octanol–water partition coefficient (Wildman–Crippen LogP) is 4.52. The highest BCUT2D eigenvalue weighted by atomic mass is 79.9. The minimum Gasteiger partial charge on any atom is -0.496 e. The van der Waals surface area contributed by atoms with Crippen molar-refractivity contribution in [1.29, 1.82) is 0 Å². The predicted molar refractivity (Wildman–Crippen MR) is 83.5 cm³/mol. The maximum absolute atomic E-state index is 13.0. The average molecular weight is 405 g/mol. The van der Waals surface area contributed by atoms with Crippen LogP contribution < -0.4 is 15.2 Å². The average Bonchev–Trinajstić information content (AvgIpc) is 2.41. The molecule has 0 aromatic heterocycles. The third kappa shape index (κ3) is 3.43. The molecule has 2 N–H and O–H groups in total. The molecule has 2 rings (SSSR count). The first-order valence-corrected chi connectivity index (χ1v) is 7.29. The van der Waals surface area contributed by atoms with Gasteiger partial charge >= 0.3 is 0 Å². The molecule has 0 spiro atoms. The van der Waals surface area contributed by atoms with Gasteiger partial charge in [-0.15, -0.1) is 0 Å². The molecule has 3 nitrogen and oxygen atoms in total. The minimum absolute atomic E-state index is 0.253. The van der Waals surface area contributed by atoms with E-state index >= 15 is 0 Å². The number of halogens is 3. The molecular weight excluding hydrogens is 393 g/mol. The van der Waals surface area contributed by atoms with Crippen molar-refractivity contribution in [2.24, 2.45) is 0 Å². The highest BCUT2D eigenvalue weighted by Crippen LogP contribution is 2.36. The van der Waals surface area contributed by atoms with Crippen LogP contribution in [0, 0.1) is 5.82 Å². The van der Waals surface area contributed by atoms with Crippen LogP contribution in [0.3, 0.4) is 0 Å². The number of nitrogens with two attached hydrogens (primary N) is 1. The molecule has 0 aliphatic rings. The Balaban J connectivity index is 2.16. The first-order chi connectivity index (χ1) is 9.51. The van der Waals surface area contributed by atoms with E-state index in [0.717, 1.165) is 14.5 Å². The second kappa shape index (κ2) is 6.45. The van der Waals surface area contributed by atoms with Crippen LogP contribution in [0.4, 0.5) is 10.1 Å². The Labute approximate surface area is 133 Å². The fourth-order valence-corrected chi connectivity index (χ4v) is 2.55. The van der Waals surface area contributed by atoms with Gasteiger partial charge in [0.2, 0.25) is 0 Å². The molecule has 2 aromatic carbocycles. The van der Waals surface area contributed by atoms with Crippen LogP contribution in [0.25, 0.3) is 0 Å². The summed E-state index contributed by atoms with van der Waals surface area (Å²) in [4.78, 5) is 0. The van der Waals surface area contributed by atoms with Crippen molar-refractivity contribution in [3.8, 4) is 11.5 Å². The summed E-state index contributed by atoms with van der Waals surface area (Å²) >= 11 is 6.80.